The Morgan fingerprint density at radius 1 is 1.08 bits per heavy atom. The molecule has 2 amide bonds. The van der Waals surface area contributed by atoms with Crippen molar-refractivity contribution >= 4 is 11.8 Å². The van der Waals surface area contributed by atoms with E-state index in [0.29, 0.717) is 18.7 Å². The quantitative estimate of drug-likeness (QED) is 0.845. The first-order valence-electron chi connectivity index (χ1n) is 8.60. The van der Waals surface area contributed by atoms with Crippen LogP contribution in [0.25, 0.3) is 0 Å². The van der Waals surface area contributed by atoms with Gasteiger partial charge in [0.05, 0.1) is 12.1 Å². The highest BCUT2D eigenvalue weighted by Crippen LogP contribution is 2.26. The van der Waals surface area contributed by atoms with Crippen LogP contribution in [0.15, 0.2) is 30.3 Å². The second kappa shape index (κ2) is 7.32. The van der Waals surface area contributed by atoms with Crippen LogP contribution >= 0.6 is 0 Å². The molecule has 2 aliphatic rings. The van der Waals surface area contributed by atoms with Gasteiger partial charge in [-0.2, -0.15) is 0 Å². The maximum Gasteiger partial charge on any atom is 0.251 e. The average Bonchev–Trinajstić information content (AvgIpc) is 2.96. The normalized spacial score (nSPS) is 27.9. The molecular weight excluding hydrogens is 306 g/mol. The van der Waals surface area contributed by atoms with Crippen LogP contribution in [0.5, 0.6) is 0 Å². The Labute approximate surface area is 142 Å². The fourth-order valence-corrected chi connectivity index (χ4v) is 3.73. The third-order valence-corrected chi connectivity index (χ3v) is 5.16. The van der Waals surface area contributed by atoms with Crippen LogP contribution in [0.4, 0.5) is 0 Å². The Morgan fingerprint density at radius 3 is 2.38 bits per heavy atom. The Bertz CT molecular complexity index is 584. The highest BCUT2D eigenvalue weighted by Gasteiger charge is 2.40. The van der Waals surface area contributed by atoms with Crippen molar-refractivity contribution in [1.82, 2.24) is 15.1 Å². The highest BCUT2D eigenvalue weighted by molar-refractivity contribution is 5.94. The first-order chi connectivity index (χ1) is 11.6. The van der Waals surface area contributed by atoms with Gasteiger partial charge in [0.25, 0.3) is 5.91 Å². The van der Waals surface area contributed by atoms with Gasteiger partial charge in [-0.3, -0.25) is 14.5 Å². The van der Waals surface area contributed by atoms with Crippen molar-refractivity contribution < 1.29 is 14.7 Å². The molecular formula is C18H25N3O3. The maximum absolute atomic E-state index is 12.3. The van der Waals surface area contributed by atoms with Gasteiger partial charge in [0, 0.05) is 44.7 Å². The van der Waals surface area contributed by atoms with Crippen LogP contribution in [0.1, 0.15) is 30.1 Å². The number of nitrogens with zero attached hydrogens (tertiary/aromatic N) is 2. The lowest BCUT2D eigenvalue weighted by atomic mass is 10.1. The number of benzene rings is 1. The van der Waals surface area contributed by atoms with Crippen molar-refractivity contribution in [3.8, 4) is 0 Å². The third kappa shape index (κ3) is 3.60. The summed E-state index contributed by atoms with van der Waals surface area (Å²) >= 11 is 0. The van der Waals surface area contributed by atoms with Gasteiger partial charge in [0.2, 0.25) is 5.91 Å². The highest BCUT2D eigenvalue weighted by atomic mass is 16.3. The predicted octanol–water partition coefficient (Wildman–Crippen LogP) is 0.472. The third-order valence-electron chi connectivity index (χ3n) is 5.16. The summed E-state index contributed by atoms with van der Waals surface area (Å²) in [7, 11) is 0. The van der Waals surface area contributed by atoms with Crippen LogP contribution in [0, 0.1) is 0 Å². The summed E-state index contributed by atoms with van der Waals surface area (Å²) in [5.74, 6) is -0.0312. The maximum atomic E-state index is 12.3. The molecule has 6 nitrogen and oxygen atoms in total. The molecule has 2 fully saturated rings. The monoisotopic (exact) mass is 331 g/mol. The Kier molecular flexibility index (Phi) is 5.16. The van der Waals surface area contributed by atoms with Gasteiger partial charge in [-0.15, -0.1) is 0 Å². The first kappa shape index (κ1) is 16.9. The minimum atomic E-state index is -0.568. The number of rotatable bonds is 3. The second-order valence-electron chi connectivity index (χ2n) is 6.62. The molecule has 1 saturated heterocycles. The molecule has 1 aromatic rings. The summed E-state index contributed by atoms with van der Waals surface area (Å²) in [5.41, 5.74) is 0.614. The molecule has 0 spiro atoms. The Hall–Kier alpha value is -1.92. The van der Waals surface area contributed by atoms with Crippen molar-refractivity contribution in [2.24, 2.45) is 0 Å². The predicted molar refractivity (Wildman–Crippen MR) is 90.6 cm³/mol. The van der Waals surface area contributed by atoms with E-state index in [2.05, 4.69) is 10.2 Å². The van der Waals surface area contributed by atoms with E-state index in [1.807, 2.05) is 23.1 Å². The van der Waals surface area contributed by atoms with Gasteiger partial charge < -0.3 is 15.3 Å². The summed E-state index contributed by atoms with van der Waals surface area (Å²) in [6, 6.07) is 8.92. The minimum absolute atomic E-state index is 0.0557. The topological polar surface area (TPSA) is 72.9 Å². The van der Waals surface area contributed by atoms with Gasteiger partial charge >= 0.3 is 0 Å². The lowest BCUT2D eigenvalue weighted by Crippen LogP contribution is -2.55. The lowest BCUT2D eigenvalue weighted by Gasteiger charge is -2.39. The van der Waals surface area contributed by atoms with Gasteiger partial charge in [-0.25, -0.2) is 0 Å². The van der Waals surface area contributed by atoms with Crippen LogP contribution in [0.2, 0.25) is 0 Å². The van der Waals surface area contributed by atoms with Crippen molar-refractivity contribution in [3.05, 3.63) is 35.9 Å². The Balaban J connectivity index is 1.55. The lowest BCUT2D eigenvalue weighted by molar-refractivity contribution is -0.131. The Morgan fingerprint density at radius 2 is 1.75 bits per heavy atom. The largest absolute Gasteiger partial charge is 0.389 e. The average molecular weight is 331 g/mol. The molecule has 0 bridgehead atoms. The molecule has 130 valence electrons. The number of hydrogen-bond donors (Lipinski definition) is 2. The zero-order chi connectivity index (χ0) is 17.1. The second-order valence-corrected chi connectivity index (χ2v) is 6.62. The van der Waals surface area contributed by atoms with Crippen LogP contribution in [-0.4, -0.2) is 71.1 Å². The van der Waals surface area contributed by atoms with Crippen LogP contribution < -0.4 is 5.32 Å². The number of aliphatic hydroxyl groups is 1. The fraction of sp³-hybridized carbons (Fsp3) is 0.556. The molecule has 1 saturated carbocycles. The molecule has 0 unspecified atom stereocenters. The molecule has 24 heavy (non-hydrogen) atoms. The van der Waals surface area contributed by atoms with E-state index in [1.54, 1.807) is 19.1 Å². The number of hydrogen-bond acceptors (Lipinski definition) is 4. The van der Waals surface area contributed by atoms with Crippen molar-refractivity contribution in [3.63, 3.8) is 0 Å². The number of aliphatic hydroxyl groups excluding tert-OH is 1. The molecule has 3 atom stereocenters. The van der Waals surface area contributed by atoms with E-state index in [-0.39, 0.29) is 23.9 Å². The van der Waals surface area contributed by atoms with Crippen LogP contribution in [-0.2, 0) is 4.79 Å². The smallest absolute Gasteiger partial charge is 0.251 e. The molecule has 2 N–H and O–H groups in total. The van der Waals surface area contributed by atoms with E-state index in [1.165, 1.54) is 0 Å². The summed E-state index contributed by atoms with van der Waals surface area (Å²) in [4.78, 5) is 27.8. The molecule has 0 radical (unpaired) electrons. The number of nitrogens with one attached hydrogen (secondary N) is 1. The van der Waals surface area contributed by atoms with E-state index in [4.69, 9.17) is 0 Å². The van der Waals surface area contributed by atoms with Crippen molar-refractivity contribution in [2.75, 3.05) is 26.2 Å². The molecule has 3 rings (SSSR count). The van der Waals surface area contributed by atoms with E-state index >= 15 is 0 Å². The summed E-state index contributed by atoms with van der Waals surface area (Å²) < 4.78 is 0. The summed E-state index contributed by atoms with van der Waals surface area (Å²) in [6.45, 7) is 4.57. The summed E-state index contributed by atoms with van der Waals surface area (Å²) in [6.07, 6.45) is 1.07. The number of carbonyl (C=O) groups excluding carboxylic acids is 2. The molecule has 0 aromatic heterocycles. The first-order valence-corrected chi connectivity index (χ1v) is 8.60. The van der Waals surface area contributed by atoms with Gasteiger partial charge in [0.15, 0.2) is 0 Å². The minimum Gasteiger partial charge on any atom is -0.389 e. The standard InChI is InChI=1S/C18H25N3O3/c1-13(22)20-9-11-21(12-10-20)16-8-7-15(17(16)23)19-18(24)14-5-3-2-4-6-14/h2-6,15-17,23H,7-12H2,1H3,(H,19,24)/t15-,16-,17-/m1/s1. The molecule has 1 aromatic carbocycles. The molecule has 1 aliphatic carbocycles. The van der Waals surface area contributed by atoms with Gasteiger partial charge in [-0.1, -0.05) is 18.2 Å². The molecule has 1 aliphatic heterocycles. The van der Waals surface area contributed by atoms with Crippen LogP contribution in [0.3, 0.4) is 0 Å². The zero-order valence-corrected chi connectivity index (χ0v) is 14.0. The van der Waals surface area contributed by atoms with E-state index < -0.39 is 6.10 Å². The molecule has 1 heterocycles. The molecule has 6 heteroatoms. The number of piperazine rings is 1. The SMILES string of the molecule is CC(=O)N1CCN([C@@H]2CC[C@@H](NC(=O)c3ccccc3)[C@H]2O)CC1. The number of amides is 2. The number of carbonyl (C=O) groups is 2. The van der Waals surface area contributed by atoms with Crippen molar-refractivity contribution in [1.29, 1.82) is 0 Å². The van der Waals surface area contributed by atoms with E-state index in [0.717, 1.165) is 25.9 Å². The van der Waals surface area contributed by atoms with Gasteiger partial charge in [-0.05, 0) is 25.0 Å². The zero-order valence-electron chi connectivity index (χ0n) is 14.0. The van der Waals surface area contributed by atoms with Crippen molar-refractivity contribution in [2.45, 2.75) is 38.0 Å². The van der Waals surface area contributed by atoms with Gasteiger partial charge in [0.1, 0.15) is 0 Å². The van der Waals surface area contributed by atoms with E-state index in [9.17, 15) is 14.7 Å². The fourth-order valence-electron chi connectivity index (χ4n) is 3.73. The summed E-state index contributed by atoms with van der Waals surface area (Å²) in [5, 5.41) is 13.6.